The van der Waals surface area contributed by atoms with Gasteiger partial charge in [0, 0.05) is 25.4 Å². The van der Waals surface area contributed by atoms with Crippen LogP contribution in [0.3, 0.4) is 0 Å². The minimum absolute atomic E-state index is 0.143. The van der Waals surface area contributed by atoms with Crippen LogP contribution in [0.15, 0.2) is 34.7 Å². The summed E-state index contributed by atoms with van der Waals surface area (Å²) in [4.78, 5) is 62.5. The van der Waals surface area contributed by atoms with Gasteiger partial charge in [0.15, 0.2) is 6.23 Å². The average molecular weight is 595 g/mol. The van der Waals surface area contributed by atoms with E-state index < -0.39 is 48.7 Å². The number of hydrogen-bond donors (Lipinski definition) is 2. The summed E-state index contributed by atoms with van der Waals surface area (Å²) in [6, 6.07) is 4.21. The van der Waals surface area contributed by atoms with Crippen LogP contribution in [0.1, 0.15) is 6.42 Å². The van der Waals surface area contributed by atoms with Crippen LogP contribution in [0, 0.1) is 0 Å². The van der Waals surface area contributed by atoms with Gasteiger partial charge in [0.05, 0.1) is 30.8 Å². The number of amides is 5. The molecule has 4 N–H and O–H groups in total. The lowest BCUT2D eigenvalue weighted by Crippen LogP contribution is -2.58. The van der Waals surface area contributed by atoms with Crippen LogP contribution in [0.5, 0.6) is 5.75 Å². The highest BCUT2D eigenvalue weighted by Crippen LogP contribution is 2.40. The maximum absolute atomic E-state index is 12.8. The van der Waals surface area contributed by atoms with E-state index in [1.165, 1.54) is 13.1 Å². The first-order valence-corrected chi connectivity index (χ1v) is 11.8. The van der Waals surface area contributed by atoms with Crippen molar-refractivity contribution < 1.29 is 67.4 Å². The Morgan fingerprint density at radius 3 is 2.45 bits per heavy atom. The molecule has 1 unspecified atom stereocenters. The van der Waals surface area contributed by atoms with Crippen molar-refractivity contribution in [1.29, 1.82) is 0 Å². The van der Waals surface area contributed by atoms with Crippen LogP contribution in [0.25, 0.3) is 0 Å². The van der Waals surface area contributed by atoms with Gasteiger partial charge >= 0.3 is 12.2 Å². The second-order valence-corrected chi connectivity index (χ2v) is 8.69. The van der Waals surface area contributed by atoms with E-state index in [0.29, 0.717) is 29.4 Å². The maximum atomic E-state index is 12.8. The average Bonchev–Trinajstić information content (AvgIpc) is 3.21. The van der Waals surface area contributed by atoms with Gasteiger partial charge in [-0.3, -0.25) is 29.2 Å². The van der Waals surface area contributed by atoms with E-state index in [1.807, 2.05) is 0 Å². The molecule has 0 spiro atoms. The number of rotatable bonds is 9. The fourth-order valence-corrected chi connectivity index (χ4v) is 3.69. The summed E-state index contributed by atoms with van der Waals surface area (Å²) in [5.74, 6) is -4.58. The number of aliphatic carboxylic acids is 1. The van der Waals surface area contributed by atoms with Crippen molar-refractivity contribution in [3.63, 3.8) is 0 Å². The summed E-state index contributed by atoms with van der Waals surface area (Å²) in [6.45, 7) is 0.246. The molecular formula is C21H23F3N5O10S-. The molecule has 19 heteroatoms. The van der Waals surface area contributed by atoms with Crippen molar-refractivity contribution in [3.8, 4) is 5.75 Å². The lowest BCUT2D eigenvalue weighted by Gasteiger charge is -2.31. The summed E-state index contributed by atoms with van der Waals surface area (Å²) >= 11 is 0.739. The number of imide groups is 2. The number of nitrogens with one attached hydrogen (secondary N) is 1. The molecule has 1 atom stereocenters. The van der Waals surface area contributed by atoms with Crippen molar-refractivity contribution in [2.75, 3.05) is 38.6 Å². The highest BCUT2D eigenvalue weighted by Gasteiger charge is 2.41. The van der Waals surface area contributed by atoms with Gasteiger partial charge in [-0.1, -0.05) is 6.08 Å². The van der Waals surface area contributed by atoms with Crippen molar-refractivity contribution >= 4 is 47.5 Å². The maximum Gasteiger partial charge on any atom is 0.430 e. The van der Waals surface area contributed by atoms with Crippen LogP contribution in [-0.4, -0.2) is 85.7 Å². The number of urea groups is 1. The number of carbonyl (C=O) groups is 5. The molecule has 0 radical (unpaired) electrons. The summed E-state index contributed by atoms with van der Waals surface area (Å²) in [6.07, 6.45) is -4.20. The van der Waals surface area contributed by atoms with Crippen LogP contribution < -0.4 is 31.1 Å². The largest absolute Gasteiger partial charge is 0.691 e. The van der Waals surface area contributed by atoms with Crippen LogP contribution in [0.4, 0.5) is 23.7 Å². The van der Waals surface area contributed by atoms with Gasteiger partial charge in [0.1, 0.15) is 23.8 Å². The molecule has 0 bridgehead atoms. The smallest absolute Gasteiger partial charge is 0.430 e. The molecule has 1 aromatic rings. The number of quaternary nitrogens is 1. The minimum atomic E-state index is -5.19. The zero-order valence-electron chi connectivity index (χ0n) is 20.9. The minimum Gasteiger partial charge on any atom is -0.691 e. The number of barbiturate groups is 1. The number of ether oxygens (including phenoxy) is 1. The summed E-state index contributed by atoms with van der Waals surface area (Å²) in [5, 5.41) is 24.7. The molecule has 2 heterocycles. The number of carboxylic acids is 1. The fraction of sp³-hybridized carbons (Fsp3) is 0.381. The number of anilines is 1. The first-order valence-electron chi connectivity index (χ1n) is 11.1. The van der Waals surface area contributed by atoms with Gasteiger partial charge in [0.2, 0.25) is 5.91 Å². The van der Waals surface area contributed by atoms with E-state index in [1.54, 1.807) is 30.1 Å². The predicted octanol–water partition coefficient (Wildman–Crippen LogP) is -2.53. The number of likely N-dealkylation sites (N-methyl/N-ethyl adjacent to an activating group) is 1. The van der Waals surface area contributed by atoms with Gasteiger partial charge in [-0.25, -0.2) is 4.79 Å². The summed E-state index contributed by atoms with van der Waals surface area (Å²) < 4.78 is 41.7. The number of benzene rings is 1. The Morgan fingerprint density at radius 1 is 1.23 bits per heavy atom. The van der Waals surface area contributed by atoms with Crippen molar-refractivity contribution in [2.45, 2.75) is 23.7 Å². The number of halogens is 3. The lowest BCUT2D eigenvalue weighted by atomic mass is 10.1. The predicted molar refractivity (Wildman–Crippen MR) is 122 cm³/mol. The zero-order valence-corrected chi connectivity index (χ0v) is 21.7. The number of carbonyl (C=O) groups excluding carboxylic acids is 5. The van der Waals surface area contributed by atoms with Crippen molar-refractivity contribution in [3.05, 3.63) is 29.8 Å². The lowest BCUT2D eigenvalue weighted by molar-refractivity contribution is -0.777. The van der Waals surface area contributed by atoms with E-state index in [4.69, 9.17) is 14.6 Å². The third-order valence-electron chi connectivity index (χ3n) is 5.25. The Balaban J connectivity index is 0.000000708. The first-order chi connectivity index (χ1) is 18.7. The molecule has 1 saturated heterocycles. The fourth-order valence-electron chi connectivity index (χ4n) is 3.30. The summed E-state index contributed by atoms with van der Waals surface area (Å²) in [5.41, 5.74) is 4.08. The van der Waals surface area contributed by atoms with E-state index >= 15 is 0 Å². The molecule has 15 nitrogen and oxygen atoms in total. The SMILES string of the molecule is CN1C(=O)C(=CCC2Oc3ccc(SOO[O-])cc3N2C)C(=O)N(CC(=O)NCC[NH3+])C1=O.O=C([O-])C(F)(F)F. The Bertz CT molecular complexity index is 1180. The van der Waals surface area contributed by atoms with E-state index in [-0.39, 0.29) is 12.0 Å². The number of hydrogen-bond acceptors (Lipinski definition) is 12. The molecule has 2 aliphatic heterocycles. The summed E-state index contributed by atoms with van der Waals surface area (Å²) in [7, 11) is 3.00. The molecule has 220 valence electrons. The van der Waals surface area contributed by atoms with Crippen LogP contribution in [-0.2, 0) is 28.6 Å². The second-order valence-electron chi connectivity index (χ2n) is 7.91. The quantitative estimate of drug-likeness (QED) is 0.0997. The Hall–Kier alpha value is -3.91. The molecule has 3 rings (SSSR count). The molecule has 5 amide bonds. The zero-order chi connectivity index (χ0) is 30.2. The molecular weight excluding hydrogens is 571 g/mol. The van der Waals surface area contributed by atoms with Crippen LogP contribution in [0.2, 0.25) is 0 Å². The van der Waals surface area contributed by atoms with Crippen molar-refractivity contribution in [2.24, 2.45) is 0 Å². The first kappa shape index (κ1) is 32.3. The Morgan fingerprint density at radius 2 is 1.88 bits per heavy atom. The monoisotopic (exact) mass is 594 g/mol. The van der Waals surface area contributed by atoms with Gasteiger partial charge in [0.25, 0.3) is 11.8 Å². The van der Waals surface area contributed by atoms with E-state index in [2.05, 4.69) is 20.4 Å². The Labute approximate surface area is 228 Å². The number of nitrogens with zero attached hydrogens (tertiary/aromatic N) is 3. The molecule has 2 aliphatic rings. The highest BCUT2D eigenvalue weighted by molar-refractivity contribution is 7.94. The molecule has 40 heavy (non-hydrogen) atoms. The van der Waals surface area contributed by atoms with E-state index in [0.717, 1.165) is 21.8 Å². The normalized spacial score (nSPS) is 17.9. The molecule has 1 fully saturated rings. The van der Waals surface area contributed by atoms with Crippen LogP contribution >= 0.6 is 12.0 Å². The number of alkyl halides is 3. The van der Waals surface area contributed by atoms with Gasteiger partial charge in [-0.15, -0.1) is 0 Å². The standard InChI is InChI=1S/C19H23N5O8S.C2HF3O2/c1-22-13-9-11(33-32-31-29)3-5-14(13)30-16(22)6-4-12-17(26)23(2)19(28)24(18(12)27)10-15(25)21-8-7-20;3-2(4,5)1(6)7/h3-5,9,16,29H,6-8,10,20H2,1-2H3,(H,21,25);(H,6,7)/p-1. The van der Waals surface area contributed by atoms with E-state index in [9.17, 15) is 37.6 Å². The molecule has 1 aromatic carbocycles. The third-order valence-corrected chi connectivity index (χ3v) is 5.82. The van der Waals surface area contributed by atoms with Gasteiger partial charge in [-0.05, 0) is 18.2 Å². The molecule has 0 aromatic heterocycles. The third kappa shape index (κ3) is 8.05. The molecule has 0 aliphatic carbocycles. The van der Waals surface area contributed by atoms with Gasteiger partial charge in [-0.2, -0.15) is 17.5 Å². The van der Waals surface area contributed by atoms with Crippen molar-refractivity contribution in [1.82, 2.24) is 15.1 Å². The number of carboxylic acid groups (broad SMARTS) is 1. The Kier molecular flexibility index (Phi) is 11.3. The highest BCUT2D eigenvalue weighted by atomic mass is 32.2. The topological polar surface area (TPSA) is 209 Å². The second kappa shape index (κ2) is 13.9. The van der Waals surface area contributed by atoms with Gasteiger partial charge < -0.3 is 35.8 Å². The molecule has 0 saturated carbocycles. The number of fused-ring (bicyclic) bond motifs is 1.